The van der Waals surface area contributed by atoms with Gasteiger partial charge in [0.15, 0.2) is 0 Å². The zero-order valence-corrected chi connectivity index (χ0v) is 12.5. The fraction of sp³-hybridized carbons (Fsp3) is 0.429. The Kier molecular flexibility index (Phi) is 4.73. The summed E-state index contributed by atoms with van der Waals surface area (Å²) in [5, 5.41) is 7.71. The molecule has 108 valence electrons. The minimum Gasteiger partial charge on any atom is -0.313 e. The van der Waals surface area contributed by atoms with Gasteiger partial charge in [-0.25, -0.2) is 14.1 Å². The molecule has 0 bridgehead atoms. The molecule has 0 spiro atoms. The smallest absolute Gasteiger partial charge is 0.138 e. The summed E-state index contributed by atoms with van der Waals surface area (Å²) in [6.07, 6.45) is 2.09. The van der Waals surface area contributed by atoms with Gasteiger partial charge < -0.3 is 5.32 Å². The molecule has 0 aliphatic rings. The molecule has 0 fully saturated rings. The van der Waals surface area contributed by atoms with E-state index in [0.717, 1.165) is 5.82 Å². The fourth-order valence-corrected chi connectivity index (χ4v) is 2.34. The molecule has 0 radical (unpaired) electrons. The Bertz CT molecular complexity index is 582. The van der Waals surface area contributed by atoms with Crippen molar-refractivity contribution >= 4 is 11.6 Å². The molecule has 1 aromatic heterocycles. The van der Waals surface area contributed by atoms with Crippen molar-refractivity contribution in [1.29, 1.82) is 0 Å². The Hall–Kier alpha value is -1.46. The first kappa shape index (κ1) is 14.9. The van der Waals surface area contributed by atoms with Crippen molar-refractivity contribution in [3.8, 4) is 0 Å². The third kappa shape index (κ3) is 3.16. The largest absolute Gasteiger partial charge is 0.313 e. The molecule has 6 heteroatoms. The Labute approximate surface area is 123 Å². The van der Waals surface area contributed by atoms with E-state index in [4.69, 9.17) is 11.6 Å². The summed E-state index contributed by atoms with van der Waals surface area (Å²) in [6, 6.07) is 4.77. The molecule has 0 saturated heterocycles. The van der Waals surface area contributed by atoms with E-state index in [-0.39, 0.29) is 17.9 Å². The van der Waals surface area contributed by atoms with E-state index >= 15 is 0 Å². The molecule has 20 heavy (non-hydrogen) atoms. The first-order valence-corrected chi connectivity index (χ1v) is 6.91. The van der Waals surface area contributed by atoms with Gasteiger partial charge in [-0.2, -0.15) is 5.10 Å². The van der Waals surface area contributed by atoms with Crippen LogP contribution in [-0.2, 0) is 6.42 Å². The minimum atomic E-state index is -0.313. The van der Waals surface area contributed by atoms with E-state index in [1.165, 1.54) is 12.4 Å². The van der Waals surface area contributed by atoms with Crippen molar-refractivity contribution < 1.29 is 4.39 Å². The number of likely N-dealkylation sites (N-methyl/N-ethyl adjacent to an activating group) is 1. The van der Waals surface area contributed by atoms with Crippen LogP contribution in [0.15, 0.2) is 24.5 Å². The van der Waals surface area contributed by atoms with Crippen molar-refractivity contribution in [3.05, 3.63) is 46.8 Å². The van der Waals surface area contributed by atoms with E-state index < -0.39 is 0 Å². The van der Waals surface area contributed by atoms with Crippen molar-refractivity contribution in [3.63, 3.8) is 0 Å². The van der Waals surface area contributed by atoms with Crippen molar-refractivity contribution in [1.82, 2.24) is 20.1 Å². The molecule has 0 saturated carbocycles. The molecule has 2 rings (SSSR count). The Morgan fingerprint density at radius 2 is 2.15 bits per heavy atom. The second kappa shape index (κ2) is 6.33. The highest BCUT2D eigenvalue weighted by atomic mass is 35.5. The van der Waals surface area contributed by atoms with Crippen LogP contribution < -0.4 is 5.32 Å². The fourth-order valence-electron chi connectivity index (χ4n) is 2.19. The van der Waals surface area contributed by atoms with Crippen LogP contribution in [0.1, 0.15) is 37.3 Å². The van der Waals surface area contributed by atoms with Gasteiger partial charge in [0, 0.05) is 29.1 Å². The number of hydrogen-bond acceptors (Lipinski definition) is 3. The zero-order valence-electron chi connectivity index (χ0n) is 11.8. The molecular weight excluding hydrogens is 279 g/mol. The quantitative estimate of drug-likeness (QED) is 0.921. The van der Waals surface area contributed by atoms with E-state index in [0.29, 0.717) is 17.0 Å². The topological polar surface area (TPSA) is 42.7 Å². The van der Waals surface area contributed by atoms with Crippen molar-refractivity contribution in [2.75, 3.05) is 7.05 Å². The Morgan fingerprint density at radius 3 is 2.75 bits per heavy atom. The molecule has 0 aliphatic heterocycles. The zero-order chi connectivity index (χ0) is 14.7. The lowest BCUT2D eigenvalue weighted by Gasteiger charge is -2.18. The molecule has 0 aliphatic carbocycles. The maximum atomic E-state index is 14.0. The highest BCUT2D eigenvalue weighted by Crippen LogP contribution is 2.23. The van der Waals surface area contributed by atoms with Crippen LogP contribution in [0.2, 0.25) is 5.02 Å². The Morgan fingerprint density at radius 1 is 1.40 bits per heavy atom. The molecule has 1 atom stereocenters. The monoisotopic (exact) mass is 296 g/mol. The molecule has 1 aromatic carbocycles. The number of hydrogen-bond donors (Lipinski definition) is 1. The predicted molar refractivity (Wildman–Crippen MR) is 77.3 cm³/mol. The molecule has 1 unspecified atom stereocenters. The number of rotatable bonds is 5. The summed E-state index contributed by atoms with van der Waals surface area (Å²) in [5.74, 6) is 0.515. The summed E-state index contributed by atoms with van der Waals surface area (Å²) in [7, 11) is 1.80. The maximum absolute atomic E-state index is 14.0. The summed E-state index contributed by atoms with van der Waals surface area (Å²) in [4.78, 5) is 4.26. The minimum absolute atomic E-state index is 0.172. The Balaban J connectivity index is 2.27. The number of halogens is 2. The highest BCUT2D eigenvalue weighted by molar-refractivity contribution is 6.30. The molecule has 1 heterocycles. The lowest BCUT2D eigenvalue weighted by atomic mass is 10.0. The standard InChI is InChI=1S/C14H18ClFN4/c1-9(2)20-14(18-8-19-20)7-13(17-3)11-5-4-10(15)6-12(11)16/h4-6,8-9,13,17H,7H2,1-3H3. The van der Waals surface area contributed by atoms with Gasteiger partial charge in [-0.05, 0) is 33.0 Å². The summed E-state index contributed by atoms with van der Waals surface area (Å²) < 4.78 is 15.9. The second-order valence-corrected chi connectivity index (χ2v) is 5.36. The number of nitrogens with one attached hydrogen (secondary N) is 1. The van der Waals surface area contributed by atoms with Gasteiger partial charge in [0.2, 0.25) is 0 Å². The number of benzene rings is 1. The van der Waals surface area contributed by atoms with Crippen LogP contribution in [0.3, 0.4) is 0 Å². The van der Waals surface area contributed by atoms with Crippen molar-refractivity contribution in [2.45, 2.75) is 32.4 Å². The third-order valence-electron chi connectivity index (χ3n) is 3.21. The molecule has 0 amide bonds. The van der Waals surface area contributed by atoms with Gasteiger partial charge in [0.25, 0.3) is 0 Å². The SMILES string of the molecule is CNC(Cc1ncnn1C(C)C)c1ccc(Cl)cc1F. The van der Waals surface area contributed by atoms with Gasteiger partial charge in [-0.15, -0.1) is 0 Å². The molecule has 4 nitrogen and oxygen atoms in total. The normalized spacial score (nSPS) is 12.9. The van der Waals surface area contributed by atoms with E-state index in [1.54, 1.807) is 19.2 Å². The highest BCUT2D eigenvalue weighted by Gasteiger charge is 2.18. The van der Waals surface area contributed by atoms with Gasteiger partial charge in [-0.1, -0.05) is 17.7 Å². The van der Waals surface area contributed by atoms with Crippen LogP contribution in [0.5, 0.6) is 0 Å². The first-order valence-electron chi connectivity index (χ1n) is 6.53. The first-order chi connectivity index (χ1) is 9.52. The van der Waals surface area contributed by atoms with E-state index in [1.807, 2.05) is 18.5 Å². The summed E-state index contributed by atoms with van der Waals surface area (Å²) >= 11 is 5.79. The number of nitrogens with zero attached hydrogens (tertiary/aromatic N) is 3. The van der Waals surface area contributed by atoms with Crippen LogP contribution in [0.25, 0.3) is 0 Å². The summed E-state index contributed by atoms with van der Waals surface area (Å²) in [5.41, 5.74) is 0.579. The van der Waals surface area contributed by atoms with Crippen LogP contribution >= 0.6 is 11.6 Å². The van der Waals surface area contributed by atoms with Gasteiger partial charge in [-0.3, -0.25) is 0 Å². The van der Waals surface area contributed by atoms with Crippen molar-refractivity contribution in [2.24, 2.45) is 0 Å². The molecule has 2 aromatic rings. The van der Waals surface area contributed by atoms with Gasteiger partial charge >= 0.3 is 0 Å². The van der Waals surface area contributed by atoms with Crippen LogP contribution in [0, 0.1) is 5.82 Å². The van der Waals surface area contributed by atoms with Gasteiger partial charge in [0.05, 0.1) is 0 Å². The predicted octanol–water partition coefficient (Wildman–Crippen LogP) is 3.15. The second-order valence-electron chi connectivity index (χ2n) is 4.93. The van der Waals surface area contributed by atoms with E-state index in [9.17, 15) is 4.39 Å². The lowest BCUT2D eigenvalue weighted by Crippen LogP contribution is -2.22. The van der Waals surface area contributed by atoms with Crippen LogP contribution in [-0.4, -0.2) is 21.8 Å². The van der Waals surface area contributed by atoms with Gasteiger partial charge in [0.1, 0.15) is 18.0 Å². The third-order valence-corrected chi connectivity index (χ3v) is 3.44. The van der Waals surface area contributed by atoms with Crippen LogP contribution in [0.4, 0.5) is 4.39 Å². The molecular formula is C14H18ClFN4. The van der Waals surface area contributed by atoms with E-state index in [2.05, 4.69) is 15.4 Å². The molecule has 1 N–H and O–H groups in total. The average Bonchev–Trinajstić information content (AvgIpc) is 2.85. The maximum Gasteiger partial charge on any atom is 0.138 e. The lowest BCUT2D eigenvalue weighted by molar-refractivity contribution is 0.468. The average molecular weight is 297 g/mol. The summed E-state index contributed by atoms with van der Waals surface area (Å²) in [6.45, 7) is 4.07. The number of aromatic nitrogens is 3.